The fourth-order valence-electron chi connectivity index (χ4n) is 1.86. The van der Waals surface area contributed by atoms with Crippen molar-refractivity contribution in [2.75, 3.05) is 0 Å². The minimum atomic E-state index is -0.401. The first-order valence-electron chi connectivity index (χ1n) is 4.79. The van der Waals surface area contributed by atoms with Gasteiger partial charge in [0.25, 0.3) is 0 Å². The first-order chi connectivity index (χ1) is 6.61. The van der Waals surface area contributed by atoms with Crippen LogP contribution in [0.4, 0.5) is 0 Å². The molecule has 2 aliphatic rings. The minimum Gasteiger partial charge on any atom is -0.286 e. The number of Topliss-reactive ketones (excluding diaryl/α,β-unsaturated/α-hetero) is 1. The van der Waals surface area contributed by atoms with Crippen LogP contribution in [0.3, 0.4) is 0 Å². The van der Waals surface area contributed by atoms with E-state index in [-0.39, 0.29) is 5.78 Å². The van der Waals surface area contributed by atoms with E-state index in [0.717, 1.165) is 12.0 Å². The lowest BCUT2D eigenvalue weighted by Crippen LogP contribution is -2.22. The molecule has 0 saturated carbocycles. The molecule has 0 N–H and O–H groups in total. The maximum Gasteiger partial charge on any atom is 0.233 e. The monoisotopic (exact) mass is 188 g/mol. The Labute approximate surface area is 83.0 Å². The molecule has 2 nitrogen and oxygen atoms in total. The van der Waals surface area contributed by atoms with Gasteiger partial charge in [-0.1, -0.05) is 24.6 Å². The number of allylic oxidation sites excluding steroid dienone is 6. The Kier molecular flexibility index (Phi) is 1.99. The Morgan fingerprint density at radius 3 is 2.71 bits per heavy atom. The van der Waals surface area contributed by atoms with Crippen molar-refractivity contribution in [1.82, 2.24) is 0 Å². The van der Waals surface area contributed by atoms with E-state index >= 15 is 0 Å². The number of fused-ring (bicyclic) bond motifs is 1. The van der Waals surface area contributed by atoms with Gasteiger partial charge in [-0.15, -0.1) is 0 Å². The van der Waals surface area contributed by atoms with Crippen LogP contribution in [0.5, 0.6) is 0 Å². The number of hydrogen-bond donors (Lipinski definition) is 0. The van der Waals surface area contributed by atoms with Crippen LogP contribution < -0.4 is 0 Å². The van der Waals surface area contributed by atoms with Gasteiger partial charge in [-0.25, -0.2) is 0 Å². The smallest absolute Gasteiger partial charge is 0.233 e. The molecule has 0 heterocycles. The van der Waals surface area contributed by atoms with Crippen molar-refractivity contribution < 1.29 is 9.59 Å². The highest BCUT2D eigenvalue weighted by Gasteiger charge is 2.27. The maximum absolute atomic E-state index is 11.5. The largest absolute Gasteiger partial charge is 0.286 e. The molecule has 0 fully saturated rings. The van der Waals surface area contributed by atoms with Crippen LogP contribution in [-0.4, -0.2) is 11.6 Å². The molecule has 0 spiro atoms. The van der Waals surface area contributed by atoms with Crippen molar-refractivity contribution in [2.45, 2.75) is 20.3 Å². The summed E-state index contributed by atoms with van der Waals surface area (Å²) >= 11 is 0. The molecule has 0 amide bonds. The standard InChI is InChI=1S/C12H12O2/c1-7-3-4-10-9(8(7)2)5-6-11(13)12(10)14/h4-7H,3H2,1-2H3. The Bertz CT molecular complexity index is 408. The van der Waals surface area contributed by atoms with Crippen molar-refractivity contribution >= 4 is 11.6 Å². The van der Waals surface area contributed by atoms with Crippen molar-refractivity contribution in [2.24, 2.45) is 5.92 Å². The summed E-state index contributed by atoms with van der Waals surface area (Å²) in [5.74, 6) is -0.282. The van der Waals surface area contributed by atoms with Crippen LogP contribution in [0.1, 0.15) is 20.3 Å². The Hall–Kier alpha value is -1.44. The second kappa shape index (κ2) is 3.05. The molecule has 1 unspecified atom stereocenters. The summed E-state index contributed by atoms with van der Waals surface area (Å²) in [5, 5.41) is 0. The van der Waals surface area contributed by atoms with Gasteiger partial charge in [0.1, 0.15) is 0 Å². The molecule has 2 rings (SSSR count). The zero-order valence-electron chi connectivity index (χ0n) is 8.33. The van der Waals surface area contributed by atoms with Crippen molar-refractivity contribution in [3.8, 4) is 0 Å². The second-order valence-corrected chi connectivity index (χ2v) is 3.88. The van der Waals surface area contributed by atoms with Crippen LogP contribution in [0.2, 0.25) is 0 Å². The van der Waals surface area contributed by atoms with Gasteiger partial charge in [0.2, 0.25) is 11.6 Å². The summed E-state index contributed by atoms with van der Waals surface area (Å²) in [6.07, 6.45) is 5.88. The van der Waals surface area contributed by atoms with E-state index in [4.69, 9.17) is 0 Å². The van der Waals surface area contributed by atoms with Crippen molar-refractivity contribution in [3.05, 3.63) is 34.9 Å². The zero-order chi connectivity index (χ0) is 10.3. The summed E-state index contributed by atoms with van der Waals surface area (Å²) in [5.41, 5.74) is 2.76. The molecule has 0 saturated heterocycles. The quantitative estimate of drug-likeness (QED) is 0.545. The van der Waals surface area contributed by atoms with Crippen molar-refractivity contribution in [1.29, 1.82) is 0 Å². The molecule has 0 aromatic rings. The summed E-state index contributed by atoms with van der Waals surface area (Å²) in [6.45, 7) is 4.16. The number of carbonyl (C=O) groups is 2. The lowest BCUT2D eigenvalue weighted by molar-refractivity contribution is -0.131. The SMILES string of the molecule is CC1=C2C=CC(=O)C(=O)C2=CCC1C. The van der Waals surface area contributed by atoms with Gasteiger partial charge >= 0.3 is 0 Å². The van der Waals surface area contributed by atoms with E-state index in [2.05, 4.69) is 6.92 Å². The molecule has 0 aliphatic heterocycles. The van der Waals surface area contributed by atoms with Gasteiger partial charge in [-0.2, -0.15) is 0 Å². The third-order valence-electron chi connectivity index (χ3n) is 3.00. The van der Waals surface area contributed by atoms with Gasteiger partial charge in [0.05, 0.1) is 0 Å². The highest BCUT2D eigenvalue weighted by atomic mass is 16.2. The molecule has 2 heteroatoms. The van der Waals surface area contributed by atoms with Gasteiger partial charge in [0.15, 0.2) is 0 Å². The fourth-order valence-corrected chi connectivity index (χ4v) is 1.86. The lowest BCUT2D eigenvalue weighted by atomic mass is 9.80. The van der Waals surface area contributed by atoms with Crippen LogP contribution in [0.15, 0.2) is 34.9 Å². The second-order valence-electron chi connectivity index (χ2n) is 3.88. The summed E-state index contributed by atoms with van der Waals surface area (Å²) in [4.78, 5) is 22.6. The Morgan fingerprint density at radius 1 is 1.29 bits per heavy atom. The molecular weight excluding hydrogens is 176 g/mol. The van der Waals surface area contributed by atoms with Gasteiger partial charge < -0.3 is 0 Å². The molecular formula is C12H12O2. The van der Waals surface area contributed by atoms with Crippen LogP contribution in [0.25, 0.3) is 0 Å². The molecule has 1 atom stereocenters. The van der Waals surface area contributed by atoms with Crippen LogP contribution in [-0.2, 0) is 9.59 Å². The molecule has 72 valence electrons. The molecule has 14 heavy (non-hydrogen) atoms. The topological polar surface area (TPSA) is 34.1 Å². The minimum absolute atomic E-state index is 0.353. The lowest BCUT2D eigenvalue weighted by Gasteiger charge is -2.23. The average molecular weight is 188 g/mol. The maximum atomic E-state index is 11.5. The van der Waals surface area contributed by atoms with Gasteiger partial charge in [-0.05, 0) is 30.9 Å². The first kappa shape index (κ1) is 9.13. The fraction of sp³-hybridized carbons (Fsp3) is 0.333. The number of ketones is 2. The van der Waals surface area contributed by atoms with E-state index in [1.807, 2.05) is 13.0 Å². The molecule has 0 aromatic heterocycles. The Morgan fingerprint density at radius 2 is 2.00 bits per heavy atom. The number of rotatable bonds is 0. The zero-order valence-corrected chi connectivity index (χ0v) is 8.33. The van der Waals surface area contributed by atoms with E-state index in [0.29, 0.717) is 11.5 Å². The normalized spacial score (nSPS) is 26.4. The third-order valence-corrected chi connectivity index (χ3v) is 3.00. The molecule has 0 bridgehead atoms. The van der Waals surface area contributed by atoms with Crippen molar-refractivity contribution in [3.63, 3.8) is 0 Å². The predicted octanol–water partition coefficient (Wildman–Crippen LogP) is 1.98. The van der Waals surface area contributed by atoms with E-state index < -0.39 is 5.78 Å². The predicted molar refractivity (Wildman–Crippen MR) is 53.7 cm³/mol. The van der Waals surface area contributed by atoms with Crippen LogP contribution >= 0.6 is 0 Å². The van der Waals surface area contributed by atoms with Gasteiger partial charge in [-0.3, -0.25) is 9.59 Å². The summed E-state index contributed by atoms with van der Waals surface area (Å²) in [7, 11) is 0. The summed E-state index contributed by atoms with van der Waals surface area (Å²) < 4.78 is 0. The average Bonchev–Trinajstić information content (AvgIpc) is 2.17. The third kappa shape index (κ3) is 1.18. The Balaban J connectivity index is 2.57. The van der Waals surface area contributed by atoms with Crippen LogP contribution in [0, 0.1) is 5.92 Å². The van der Waals surface area contributed by atoms with Gasteiger partial charge in [0, 0.05) is 5.57 Å². The first-order valence-corrected chi connectivity index (χ1v) is 4.79. The highest BCUT2D eigenvalue weighted by molar-refractivity contribution is 6.49. The molecule has 0 radical (unpaired) electrons. The highest BCUT2D eigenvalue weighted by Crippen LogP contribution is 2.32. The molecule has 0 aromatic carbocycles. The van der Waals surface area contributed by atoms with E-state index in [1.54, 1.807) is 6.08 Å². The summed E-state index contributed by atoms with van der Waals surface area (Å²) in [6, 6.07) is 0. The van der Waals surface area contributed by atoms with E-state index in [1.165, 1.54) is 11.6 Å². The number of hydrogen-bond acceptors (Lipinski definition) is 2. The number of carbonyl (C=O) groups excluding carboxylic acids is 2. The molecule has 2 aliphatic carbocycles. The van der Waals surface area contributed by atoms with E-state index in [9.17, 15) is 9.59 Å².